The van der Waals surface area contributed by atoms with E-state index in [0.29, 0.717) is 0 Å². The zero-order valence-corrected chi connectivity index (χ0v) is 12.0. The quantitative estimate of drug-likeness (QED) is 0.933. The molecule has 2 heterocycles. The summed E-state index contributed by atoms with van der Waals surface area (Å²) in [6.07, 6.45) is 7.63. The van der Waals surface area contributed by atoms with Crippen LogP contribution in [-0.2, 0) is 0 Å². The second-order valence-electron chi connectivity index (χ2n) is 5.54. The van der Waals surface area contributed by atoms with Crippen molar-refractivity contribution in [3.63, 3.8) is 0 Å². The van der Waals surface area contributed by atoms with E-state index in [-0.39, 0.29) is 6.04 Å². The Bertz CT molecular complexity index is 550. The van der Waals surface area contributed by atoms with Crippen LogP contribution in [0.15, 0.2) is 36.8 Å². The fourth-order valence-electron chi connectivity index (χ4n) is 2.83. The first-order chi connectivity index (χ1) is 9.75. The van der Waals surface area contributed by atoms with E-state index >= 15 is 0 Å². The fourth-order valence-corrected chi connectivity index (χ4v) is 2.83. The molecule has 1 unspecified atom stereocenters. The van der Waals surface area contributed by atoms with Crippen LogP contribution in [0, 0.1) is 0 Å². The molecule has 0 spiro atoms. The Morgan fingerprint density at radius 3 is 2.35 bits per heavy atom. The summed E-state index contributed by atoms with van der Waals surface area (Å²) in [4.78, 5) is 6.67. The molecule has 4 heteroatoms. The lowest BCUT2D eigenvalue weighted by Gasteiger charge is -2.29. The van der Waals surface area contributed by atoms with Gasteiger partial charge >= 0.3 is 0 Å². The minimum Gasteiger partial charge on any atom is -0.372 e. The highest BCUT2D eigenvalue weighted by Gasteiger charge is 2.12. The normalized spacial score (nSPS) is 17.2. The maximum absolute atomic E-state index is 5.97. The second kappa shape index (κ2) is 5.67. The molecule has 1 saturated heterocycles. The van der Waals surface area contributed by atoms with E-state index in [9.17, 15) is 0 Å². The molecule has 0 saturated carbocycles. The van der Waals surface area contributed by atoms with Crippen LogP contribution in [0.1, 0.15) is 37.9 Å². The molecule has 1 aliphatic heterocycles. The Labute approximate surface area is 120 Å². The third kappa shape index (κ3) is 2.56. The summed E-state index contributed by atoms with van der Waals surface area (Å²) in [6, 6.07) is 8.69. The zero-order chi connectivity index (χ0) is 13.9. The molecular weight excluding hydrogens is 248 g/mol. The zero-order valence-electron chi connectivity index (χ0n) is 12.0. The number of anilines is 1. The van der Waals surface area contributed by atoms with Crippen molar-refractivity contribution in [2.75, 3.05) is 18.0 Å². The van der Waals surface area contributed by atoms with Crippen LogP contribution in [0.4, 0.5) is 5.69 Å². The van der Waals surface area contributed by atoms with Crippen molar-refractivity contribution in [2.45, 2.75) is 32.2 Å². The first-order valence-corrected chi connectivity index (χ1v) is 7.39. The first kappa shape index (κ1) is 13.2. The summed E-state index contributed by atoms with van der Waals surface area (Å²) < 4.78 is 2.06. The van der Waals surface area contributed by atoms with Crippen LogP contribution in [0.5, 0.6) is 0 Å². The predicted octanol–water partition coefficient (Wildman–Crippen LogP) is 2.88. The Balaban J connectivity index is 1.83. The molecule has 0 amide bonds. The Morgan fingerprint density at radius 1 is 1.05 bits per heavy atom. The summed E-state index contributed by atoms with van der Waals surface area (Å²) in [7, 11) is 0. The number of hydrogen-bond acceptors (Lipinski definition) is 3. The second-order valence-corrected chi connectivity index (χ2v) is 5.54. The van der Waals surface area contributed by atoms with Gasteiger partial charge in [-0.25, -0.2) is 4.98 Å². The van der Waals surface area contributed by atoms with Crippen LogP contribution >= 0.6 is 0 Å². The maximum Gasteiger partial charge on any atom is 0.0994 e. The molecule has 1 aromatic carbocycles. The van der Waals surface area contributed by atoms with Crippen molar-refractivity contribution in [3.05, 3.63) is 42.5 Å². The van der Waals surface area contributed by atoms with Gasteiger partial charge in [-0.2, -0.15) is 0 Å². The average Bonchev–Trinajstić information content (AvgIpc) is 2.98. The number of benzene rings is 1. The summed E-state index contributed by atoms with van der Waals surface area (Å²) in [5.74, 6) is 0. The van der Waals surface area contributed by atoms with Crippen molar-refractivity contribution in [3.8, 4) is 5.69 Å². The van der Waals surface area contributed by atoms with Crippen LogP contribution in [0.3, 0.4) is 0 Å². The topological polar surface area (TPSA) is 47.1 Å². The third-order valence-electron chi connectivity index (χ3n) is 3.98. The highest BCUT2D eigenvalue weighted by molar-refractivity contribution is 5.51. The molecule has 20 heavy (non-hydrogen) atoms. The lowest BCUT2D eigenvalue weighted by atomic mass is 10.1. The average molecular weight is 270 g/mol. The van der Waals surface area contributed by atoms with Gasteiger partial charge in [0.05, 0.1) is 18.2 Å². The number of nitrogens with two attached hydrogens (primary N) is 1. The van der Waals surface area contributed by atoms with E-state index in [4.69, 9.17) is 5.73 Å². The molecule has 0 aliphatic carbocycles. The molecule has 0 radical (unpaired) electrons. The van der Waals surface area contributed by atoms with Gasteiger partial charge in [-0.3, -0.25) is 0 Å². The van der Waals surface area contributed by atoms with Crippen LogP contribution < -0.4 is 10.6 Å². The monoisotopic (exact) mass is 270 g/mol. The summed E-state index contributed by atoms with van der Waals surface area (Å²) in [5, 5.41) is 0. The van der Waals surface area contributed by atoms with Crippen LogP contribution in [-0.4, -0.2) is 22.6 Å². The standard InChI is InChI=1S/C16H22N4/c1-13(17)16-11-18-12-20(16)15-7-5-14(6-8-15)19-9-3-2-4-10-19/h5-8,11-13H,2-4,9-10,17H2,1H3. The minimum absolute atomic E-state index is 0.0146. The summed E-state index contributed by atoms with van der Waals surface area (Å²) >= 11 is 0. The SMILES string of the molecule is CC(N)c1cncn1-c1ccc(N2CCCCC2)cc1. The van der Waals surface area contributed by atoms with Gasteiger partial charge in [-0.1, -0.05) is 0 Å². The highest BCUT2D eigenvalue weighted by atomic mass is 15.1. The van der Waals surface area contributed by atoms with E-state index in [0.717, 1.165) is 11.4 Å². The minimum atomic E-state index is -0.0146. The lowest BCUT2D eigenvalue weighted by molar-refractivity contribution is 0.578. The largest absolute Gasteiger partial charge is 0.372 e. The van der Waals surface area contributed by atoms with E-state index in [1.165, 1.54) is 38.0 Å². The number of piperidine rings is 1. The number of aromatic nitrogens is 2. The van der Waals surface area contributed by atoms with E-state index in [2.05, 4.69) is 38.7 Å². The van der Waals surface area contributed by atoms with E-state index < -0.39 is 0 Å². The smallest absolute Gasteiger partial charge is 0.0994 e. The number of imidazole rings is 1. The molecule has 2 N–H and O–H groups in total. The van der Waals surface area contributed by atoms with Gasteiger partial charge < -0.3 is 15.2 Å². The van der Waals surface area contributed by atoms with Gasteiger partial charge in [0.1, 0.15) is 0 Å². The Kier molecular flexibility index (Phi) is 3.74. The Hall–Kier alpha value is -1.81. The Morgan fingerprint density at radius 2 is 1.70 bits per heavy atom. The number of hydrogen-bond donors (Lipinski definition) is 1. The fraction of sp³-hybridized carbons (Fsp3) is 0.438. The predicted molar refractivity (Wildman–Crippen MR) is 82.2 cm³/mol. The molecule has 3 rings (SSSR count). The van der Waals surface area contributed by atoms with Gasteiger partial charge in [-0.05, 0) is 50.5 Å². The van der Waals surface area contributed by atoms with Gasteiger partial charge in [0.2, 0.25) is 0 Å². The van der Waals surface area contributed by atoms with E-state index in [1.54, 1.807) is 0 Å². The van der Waals surface area contributed by atoms with Crippen LogP contribution in [0.2, 0.25) is 0 Å². The summed E-state index contributed by atoms with van der Waals surface area (Å²) in [5.41, 5.74) is 9.45. The molecule has 4 nitrogen and oxygen atoms in total. The molecule has 2 aromatic rings. The van der Waals surface area contributed by atoms with Crippen molar-refractivity contribution in [1.82, 2.24) is 9.55 Å². The number of nitrogens with zero attached hydrogens (tertiary/aromatic N) is 3. The van der Waals surface area contributed by atoms with Crippen molar-refractivity contribution in [1.29, 1.82) is 0 Å². The molecule has 1 aliphatic rings. The van der Waals surface area contributed by atoms with Gasteiger partial charge in [-0.15, -0.1) is 0 Å². The van der Waals surface area contributed by atoms with Gasteiger partial charge in [0.15, 0.2) is 0 Å². The van der Waals surface area contributed by atoms with Crippen LogP contribution in [0.25, 0.3) is 5.69 Å². The number of rotatable bonds is 3. The van der Waals surface area contributed by atoms with Gasteiger partial charge in [0.25, 0.3) is 0 Å². The molecule has 1 atom stereocenters. The van der Waals surface area contributed by atoms with Crippen molar-refractivity contribution >= 4 is 5.69 Å². The molecule has 1 fully saturated rings. The summed E-state index contributed by atoms with van der Waals surface area (Å²) in [6.45, 7) is 4.33. The third-order valence-corrected chi connectivity index (χ3v) is 3.98. The molecule has 1 aromatic heterocycles. The molecular formula is C16H22N4. The van der Waals surface area contributed by atoms with E-state index in [1.807, 2.05) is 19.4 Å². The molecule has 106 valence electrons. The first-order valence-electron chi connectivity index (χ1n) is 7.39. The maximum atomic E-state index is 5.97. The highest BCUT2D eigenvalue weighted by Crippen LogP contribution is 2.23. The van der Waals surface area contributed by atoms with Gasteiger partial charge in [0, 0.05) is 30.5 Å². The van der Waals surface area contributed by atoms with Crippen molar-refractivity contribution < 1.29 is 0 Å². The lowest BCUT2D eigenvalue weighted by Crippen LogP contribution is -2.29. The molecule has 0 bridgehead atoms. The van der Waals surface area contributed by atoms with Crippen molar-refractivity contribution in [2.24, 2.45) is 5.73 Å².